The molecule has 2 aromatic rings. The Morgan fingerprint density at radius 1 is 1.14 bits per heavy atom. The van der Waals surface area contributed by atoms with Gasteiger partial charge in [0.1, 0.15) is 11.5 Å². The van der Waals surface area contributed by atoms with Crippen molar-refractivity contribution >= 4 is 5.91 Å². The summed E-state index contributed by atoms with van der Waals surface area (Å²) in [5.41, 5.74) is 2.06. The molecule has 0 unspecified atom stereocenters. The average molecular weight is 296 g/mol. The summed E-state index contributed by atoms with van der Waals surface area (Å²) in [4.78, 5) is 11.9. The van der Waals surface area contributed by atoms with E-state index in [-0.39, 0.29) is 11.8 Å². The van der Waals surface area contributed by atoms with E-state index in [2.05, 4.69) is 10.6 Å². The Balaban J connectivity index is 1.69. The average Bonchev–Trinajstić information content (AvgIpc) is 2.47. The minimum absolute atomic E-state index is 0.101. The normalized spacial score (nSPS) is 14.2. The Labute approximate surface area is 130 Å². The Hall–Kier alpha value is -2.33. The van der Waals surface area contributed by atoms with Crippen LogP contribution >= 0.6 is 0 Å². The number of hydrogen-bond donors (Lipinski definition) is 2. The van der Waals surface area contributed by atoms with Gasteiger partial charge in [-0.05, 0) is 24.6 Å². The van der Waals surface area contributed by atoms with Crippen molar-refractivity contribution in [2.75, 3.05) is 13.1 Å². The van der Waals surface area contributed by atoms with E-state index >= 15 is 0 Å². The molecule has 0 spiro atoms. The van der Waals surface area contributed by atoms with E-state index in [1.165, 1.54) is 0 Å². The molecule has 1 fully saturated rings. The summed E-state index contributed by atoms with van der Waals surface area (Å²) < 4.78 is 6.01. The maximum atomic E-state index is 11.9. The second-order valence-corrected chi connectivity index (χ2v) is 5.55. The van der Waals surface area contributed by atoms with Crippen LogP contribution in [0.15, 0.2) is 48.5 Å². The summed E-state index contributed by atoms with van der Waals surface area (Å²) in [6.45, 7) is 4.04. The number of hydrogen-bond acceptors (Lipinski definition) is 3. The highest BCUT2D eigenvalue weighted by molar-refractivity contribution is 5.80. The van der Waals surface area contributed by atoms with E-state index in [1.54, 1.807) is 0 Å². The molecule has 2 aromatic carbocycles. The summed E-state index contributed by atoms with van der Waals surface area (Å²) in [6.07, 6.45) is 0. The van der Waals surface area contributed by atoms with Crippen molar-refractivity contribution in [3.8, 4) is 11.5 Å². The van der Waals surface area contributed by atoms with Crippen LogP contribution in [0.2, 0.25) is 0 Å². The topological polar surface area (TPSA) is 50.4 Å². The van der Waals surface area contributed by atoms with E-state index in [0.29, 0.717) is 6.54 Å². The number of nitrogens with one attached hydrogen (secondary N) is 2. The minimum Gasteiger partial charge on any atom is -0.457 e. The molecule has 0 saturated carbocycles. The first-order chi connectivity index (χ1) is 10.7. The molecule has 0 atom stereocenters. The molecule has 1 heterocycles. The number of carbonyl (C=O) groups excluding carboxylic acids is 1. The summed E-state index contributed by atoms with van der Waals surface area (Å²) in [5, 5.41) is 6.09. The molecule has 0 bridgehead atoms. The SMILES string of the molecule is Cc1ccccc1Oc1ccccc1CNC(=O)C1CNC1. The number of aryl methyl sites for hydroxylation is 1. The third-order valence-corrected chi connectivity index (χ3v) is 3.89. The van der Waals surface area contributed by atoms with Crippen LogP contribution in [-0.2, 0) is 11.3 Å². The fraction of sp³-hybridized carbons (Fsp3) is 0.278. The lowest BCUT2D eigenvalue weighted by atomic mass is 10.0. The van der Waals surface area contributed by atoms with Crippen molar-refractivity contribution in [1.82, 2.24) is 10.6 Å². The van der Waals surface area contributed by atoms with Crippen LogP contribution in [0.4, 0.5) is 0 Å². The quantitative estimate of drug-likeness (QED) is 0.892. The first-order valence-corrected chi connectivity index (χ1v) is 7.54. The number of amides is 1. The van der Waals surface area contributed by atoms with E-state index in [1.807, 2.05) is 55.5 Å². The van der Waals surface area contributed by atoms with Gasteiger partial charge < -0.3 is 15.4 Å². The lowest BCUT2D eigenvalue weighted by molar-refractivity contribution is -0.126. The molecule has 2 N–H and O–H groups in total. The van der Waals surface area contributed by atoms with Crippen LogP contribution in [-0.4, -0.2) is 19.0 Å². The fourth-order valence-corrected chi connectivity index (χ4v) is 2.34. The van der Waals surface area contributed by atoms with Crippen molar-refractivity contribution < 1.29 is 9.53 Å². The lowest BCUT2D eigenvalue weighted by Crippen LogP contribution is -2.50. The zero-order valence-electron chi connectivity index (χ0n) is 12.6. The molecule has 0 aliphatic carbocycles. The zero-order valence-corrected chi connectivity index (χ0v) is 12.6. The van der Waals surface area contributed by atoms with Gasteiger partial charge in [0, 0.05) is 25.2 Å². The highest BCUT2D eigenvalue weighted by atomic mass is 16.5. The predicted octanol–water partition coefficient (Wildman–Crippen LogP) is 2.62. The van der Waals surface area contributed by atoms with E-state index < -0.39 is 0 Å². The molecule has 4 heteroatoms. The Morgan fingerprint density at radius 2 is 1.82 bits per heavy atom. The van der Waals surface area contributed by atoms with Gasteiger partial charge in [0.25, 0.3) is 0 Å². The zero-order chi connectivity index (χ0) is 15.4. The molecular weight excluding hydrogens is 276 g/mol. The van der Waals surface area contributed by atoms with E-state index in [0.717, 1.165) is 35.7 Å². The summed E-state index contributed by atoms with van der Waals surface area (Å²) >= 11 is 0. The molecule has 3 rings (SSSR count). The highest BCUT2D eigenvalue weighted by Crippen LogP contribution is 2.27. The van der Waals surface area contributed by atoms with Crippen LogP contribution in [0.3, 0.4) is 0 Å². The van der Waals surface area contributed by atoms with Gasteiger partial charge in [-0.1, -0.05) is 36.4 Å². The van der Waals surface area contributed by atoms with Crippen LogP contribution < -0.4 is 15.4 Å². The molecule has 4 nitrogen and oxygen atoms in total. The monoisotopic (exact) mass is 296 g/mol. The highest BCUT2D eigenvalue weighted by Gasteiger charge is 2.24. The van der Waals surface area contributed by atoms with Crippen molar-refractivity contribution in [3.63, 3.8) is 0 Å². The van der Waals surface area contributed by atoms with Gasteiger partial charge in [-0.15, -0.1) is 0 Å². The molecule has 22 heavy (non-hydrogen) atoms. The summed E-state index contributed by atoms with van der Waals surface area (Å²) in [6, 6.07) is 15.7. The third-order valence-electron chi connectivity index (χ3n) is 3.89. The Kier molecular flexibility index (Phi) is 4.39. The first-order valence-electron chi connectivity index (χ1n) is 7.54. The van der Waals surface area contributed by atoms with Crippen LogP contribution in [0.1, 0.15) is 11.1 Å². The van der Waals surface area contributed by atoms with Gasteiger partial charge in [-0.2, -0.15) is 0 Å². The largest absolute Gasteiger partial charge is 0.457 e. The van der Waals surface area contributed by atoms with Crippen molar-refractivity contribution in [1.29, 1.82) is 0 Å². The number of rotatable bonds is 5. The molecule has 1 amide bonds. The van der Waals surface area contributed by atoms with Crippen molar-refractivity contribution in [2.24, 2.45) is 5.92 Å². The molecule has 0 radical (unpaired) electrons. The van der Waals surface area contributed by atoms with Crippen LogP contribution in [0, 0.1) is 12.8 Å². The minimum atomic E-state index is 0.101. The van der Waals surface area contributed by atoms with E-state index in [9.17, 15) is 4.79 Å². The van der Waals surface area contributed by atoms with Crippen molar-refractivity contribution in [2.45, 2.75) is 13.5 Å². The van der Waals surface area contributed by atoms with Gasteiger partial charge in [0.15, 0.2) is 0 Å². The number of para-hydroxylation sites is 2. The van der Waals surface area contributed by atoms with Crippen LogP contribution in [0.5, 0.6) is 11.5 Å². The molecule has 114 valence electrons. The second kappa shape index (κ2) is 6.62. The molecular formula is C18H20N2O2. The number of carbonyl (C=O) groups is 1. The standard InChI is InChI=1S/C18H20N2O2/c1-13-6-2-4-8-16(13)22-17-9-5-3-7-14(17)12-20-18(21)15-10-19-11-15/h2-9,15,19H,10-12H2,1H3,(H,20,21). The van der Waals surface area contributed by atoms with Gasteiger partial charge >= 0.3 is 0 Å². The molecule has 0 aromatic heterocycles. The Bertz CT molecular complexity index is 666. The second-order valence-electron chi connectivity index (χ2n) is 5.55. The number of benzene rings is 2. The fourth-order valence-electron chi connectivity index (χ4n) is 2.34. The van der Waals surface area contributed by atoms with Gasteiger partial charge in [0.2, 0.25) is 5.91 Å². The number of ether oxygens (including phenoxy) is 1. The van der Waals surface area contributed by atoms with E-state index in [4.69, 9.17) is 4.74 Å². The first kappa shape index (κ1) is 14.6. The maximum absolute atomic E-state index is 11.9. The predicted molar refractivity (Wildman–Crippen MR) is 85.9 cm³/mol. The Morgan fingerprint density at radius 3 is 2.50 bits per heavy atom. The molecule has 1 saturated heterocycles. The van der Waals surface area contributed by atoms with Gasteiger partial charge in [-0.3, -0.25) is 4.79 Å². The molecule has 1 aliphatic heterocycles. The maximum Gasteiger partial charge on any atom is 0.225 e. The lowest BCUT2D eigenvalue weighted by Gasteiger charge is -2.26. The third kappa shape index (κ3) is 3.28. The van der Waals surface area contributed by atoms with Gasteiger partial charge in [-0.25, -0.2) is 0 Å². The van der Waals surface area contributed by atoms with Crippen LogP contribution in [0.25, 0.3) is 0 Å². The molecule has 1 aliphatic rings. The smallest absolute Gasteiger partial charge is 0.225 e. The summed E-state index contributed by atoms with van der Waals surface area (Å²) in [7, 11) is 0. The van der Waals surface area contributed by atoms with Crippen molar-refractivity contribution in [3.05, 3.63) is 59.7 Å². The summed E-state index contributed by atoms with van der Waals surface area (Å²) in [5.74, 6) is 1.82. The van der Waals surface area contributed by atoms with Gasteiger partial charge in [0.05, 0.1) is 5.92 Å².